The van der Waals surface area contributed by atoms with Gasteiger partial charge in [-0.05, 0) is 42.8 Å². The molecule has 1 saturated carbocycles. The lowest BCUT2D eigenvalue weighted by molar-refractivity contribution is 0.0880. The van der Waals surface area contributed by atoms with E-state index in [4.69, 9.17) is 15.2 Å². The minimum Gasteiger partial charge on any atom is -0.497 e. The van der Waals surface area contributed by atoms with Gasteiger partial charge in [-0.3, -0.25) is 14.9 Å². The molecule has 37 heavy (non-hydrogen) atoms. The molecule has 1 unspecified atom stereocenters. The number of ether oxygens (including phenoxy) is 2. The Kier molecular flexibility index (Phi) is 3.57. The maximum absolute atomic E-state index is 13.4. The van der Waals surface area contributed by atoms with Crippen molar-refractivity contribution >= 4 is 55.4 Å². The molecule has 0 saturated heterocycles. The zero-order chi connectivity index (χ0) is 25.4. The van der Waals surface area contributed by atoms with Crippen molar-refractivity contribution in [1.82, 2.24) is 14.5 Å². The highest BCUT2D eigenvalue weighted by Gasteiger charge is 2.51. The molecule has 2 amide bonds. The number of benzene rings is 3. The van der Waals surface area contributed by atoms with Gasteiger partial charge >= 0.3 is 0 Å². The molecule has 5 aromatic rings. The van der Waals surface area contributed by atoms with E-state index in [-0.39, 0.29) is 12.1 Å². The summed E-state index contributed by atoms with van der Waals surface area (Å²) in [6.45, 7) is 0. The Morgan fingerprint density at radius 3 is 2.03 bits per heavy atom. The van der Waals surface area contributed by atoms with Gasteiger partial charge in [0, 0.05) is 45.0 Å². The third kappa shape index (κ3) is 2.20. The van der Waals surface area contributed by atoms with Crippen LogP contribution in [0.25, 0.3) is 43.6 Å². The van der Waals surface area contributed by atoms with Gasteiger partial charge in [0.1, 0.15) is 17.0 Å². The van der Waals surface area contributed by atoms with E-state index in [0.717, 1.165) is 38.2 Å². The van der Waals surface area contributed by atoms with Crippen LogP contribution < -0.4 is 20.5 Å². The van der Waals surface area contributed by atoms with Crippen molar-refractivity contribution in [2.24, 2.45) is 5.73 Å². The maximum atomic E-state index is 13.4. The molecule has 8 rings (SSSR count). The quantitative estimate of drug-likeness (QED) is 0.361. The number of hydrogen-bond acceptors (Lipinski definition) is 6. The standard InChI is InChI=1S/C28H21N5O4/c1-36-13-3-5-17-15(8-13)20-22-23(27(35)31-26(22)34)21-16-9-14(37-2)4-6-18(16)33-19-7-12(10-28(19,30)11-29)32(17)24(20)25(21)33/h3-6,8-9,12,19H,7,10,30H2,1-2H3,(H,31,34,35)/t12-,19?,28+/m0/s1. The van der Waals surface area contributed by atoms with Crippen molar-refractivity contribution in [2.45, 2.75) is 30.5 Å². The van der Waals surface area contributed by atoms with Crippen LogP contribution in [-0.2, 0) is 0 Å². The molecule has 9 nitrogen and oxygen atoms in total. The second kappa shape index (κ2) is 6.41. The zero-order valence-electron chi connectivity index (χ0n) is 20.1. The number of nitrogens with one attached hydrogen (secondary N) is 1. The number of fused-ring (bicyclic) bond motifs is 13. The number of imide groups is 1. The molecule has 0 spiro atoms. The fraction of sp³-hybridized carbons (Fsp3) is 0.250. The van der Waals surface area contributed by atoms with E-state index in [1.807, 2.05) is 36.4 Å². The largest absolute Gasteiger partial charge is 0.497 e. The summed E-state index contributed by atoms with van der Waals surface area (Å²) in [6, 6.07) is 13.6. The molecule has 1 aliphatic carbocycles. The molecule has 3 N–H and O–H groups in total. The van der Waals surface area contributed by atoms with E-state index < -0.39 is 17.4 Å². The molecule has 0 radical (unpaired) electrons. The van der Waals surface area contributed by atoms with Crippen LogP contribution >= 0.6 is 0 Å². The molecule has 182 valence electrons. The number of rotatable bonds is 2. The number of carbonyl (C=O) groups is 2. The van der Waals surface area contributed by atoms with Gasteiger partial charge in [-0.15, -0.1) is 0 Å². The fourth-order valence-corrected chi connectivity index (χ4v) is 7.18. The monoisotopic (exact) mass is 491 g/mol. The molecule has 9 heteroatoms. The van der Waals surface area contributed by atoms with Gasteiger partial charge in [-0.1, -0.05) is 0 Å². The minimum atomic E-state index is -1.10. The summed E-state index contributed by atoms with van der Waals surface area (Å²) in [7, 11) is 3.20. The Hall–Kier alpha value is -4.55. The number of nitriles is 1. The number of hydrogen-bond donors (Lipinski definition) is 2. The average Bonchev–Trinajstić information content (AvgIpc) is 3.58. The van der Waals surface area contributed by atoms with Gasteiger partial charge in [0.2, 0.25) is 0 Å². The molecular formula is C28H21N5O4. The summed E-state index contributed by atoms with van der Waals surface area (Å²) in [4.78, 5) is 26.7. The molecule has 4 heterocycles. The molecule has 3 atom stereocenters. The van der Waals surface area contributed by atoms with Crippen LogP contribution in [0.5, 0.6) is 11.5 Å². The first kappa shape index (κ1) is 20.6. The third-order valence-electron chi connectivity index (χ3n) is 8.62. The van der Waals surface area contributed by atoms with Crippen LogP contribution in [0, 0.1) is 11.3 Å². The Bertz CT molecular complexity index is 1980. The number of nitrogens with two attached hydrogens (primary N) is 1. The topological polar surface area (TPSA) is 124 Å². The van der Waals surface area contributed by atoms with Crippen molar-refractivity contribution in [3.8, 4) is 17.6 Å². The summed E-state index contributed by atoms with van der Waals surface area (Å²) in [5, 5.41) is 15.8. The van der Waals surface area contributed by atoms with Crippen molar-refractivity contribution in [3.63, 3.8) is 0 Å². The maximum Gasteiger partial charge on any atom is 0.259 e. The summed E-state index contributed by atoms with van der Waals surface area (Å²) in [6.07, 6.45) is 1.12. The molecule has 3 aliphatic rings. The van der Waals surface area contributed by atoms with Crippen LogP contribution in [0.4, 0.5) is 0 Å². The first-order chi connectivity index (χ1) is 17.9. The van der Waals surface area contributed by atoms with Crippen molar-refractivity contribution in [2.75, 3.05) is 14.2 Å². The van der Waals surface area contributed by atoms with Gasteiger partial charge in [-0.25, -0.2) is 0 Å². The van der Waals surface area contributed by atoms with Gasteiger partial charge < -0.3 is 24.3 Å². The van der Waals surface area contributed by atoms with Crippen molar-refractivity contribution in [3.05, 3.63) is 47.5 Å². The number of amides is 2. The van der Waals surface area contributed by atoms with Crippen LogP contribution in [-0.4, -0.2) is 40.7 Å². The smallest absolute Gasteiger partial charge is 0.259 e. The van der Waals surface area contributed by atoms with E-state index in [2.05, 4.69) is 20.5 Å². The molecule has 1 fully saturated rings. The number of methoxy groups -OCH3 is 2. The van der Waals surface area contributed by atoms with Gasteiger partial charge in [0.15, 0.2) is 0 Å². The van der Waals surface area contributed by atoms with Gasteiger partial charge in [0.05, 0.1) is 48.5 Å². The van der Waals surface area contributed by atoms with E-state index in [0.29, 0.717) is 40.9 Å². The van der Waals surface area contributed by atoms with Gasteiger partial charge in [-0.2, -0.15) is 5.26 Å². The van der Waals surface area contributed by atoms with Crippen LogP contribution in [0.15, 0.2) is 36.4 Å². The highest BCUT2D eigenvalue weighted by molar-refractivity contribution is 6.39. The number of nitrogens with zero attached hydrogens (tertiary/aromatic N) is 3. The Morgan fingerprint density at radius 1 is 0.946 bits per heavy atom. The van der Waals surface area contributed by atoms with Crippen LogP contribution in [0.2, 0.25) is 0 Å². The van der Waals surface area contributed by atoms with Crippen LogP contribution in [0.1, 0.15) is 45.6 Å². The normalized spacial score (nSPS) is 23.7. The Morgan fingerprint density at radius 2 is 1.49 bits per heavy atom. The lowest BCUT2D eigenvalue weighted by Crippen LogP contribution is -2.43. The molecule has 2 aromatic heterocycles. The van der Waals surface area contributed by atoms with E-state index in [9.17, 15) is 14.9 Å². The lowest BCUT2D eigenvalue weighted by Gasteiger charge is -2.28. The second-order valence-corrected chi connectivity index (χ2v) is 10.2. The predicted molar refractivity (Wildman–Crippen MR) is 137 cm³/mol. The number of aromatic nitrogens is 2. The first-order valence-electron chi connectivity index (χ1n) is 12.1. The lowest BCUT2D eigenvalue weighted by atomic mass is 9.94. The molecule has 2 bridgehead atoms. The molecule has 2 aliphatic heterocycles. The summed E-state index contributed by atoms with van der Waals surface area (Å²) >= 11 is 0. The fourth-order valence-electron chi connectivity index (χ4n) is 7.18. The zero-order valence-corrected chi connectivity index (χ0v) is 20.1. The highest BCUT2D eigenvalue weighted by atomic mass is 16.5. The van der Waals surface area contributed by atoms with Gasteiger partial charge in [0.25, 0.3) is 11.8 Å². The predicted octanol–water partition coefficient (Wildman–Crippen LogP) is 3.91. The Labute approximate surface area is 209 Å². The first-order valence-corrected chi connectivity index (χ1v) is 12.1. The number of carbonyl (C=O) groups excluding carboxylic acids is 2. The third-order valence-corrected chi connectivity index (χ3v) is 8.62. The van der Waals surface area contributed by atoms with Crippen molar-refractivity contribution < 1.29 is 19.1 Å². The average molecular weight is 492 g/mol. The van der Waals surface area contributed by atoms with Crippen molar-refractivity contribution in [1.29, 1.82) is 5.26 Å². The van der Waals surface area contributed by atoms with E-state index in [1.165, 1.54) is 0 Å². The summed E-state index contributed by atoms with van der Waals surface area (Å²) in [5.74, 6) is 0.450. The molecular weight excluding hydrogens is 470 g/mol. The van der Waals surface area contributed by atoms with E-state index >= 15 is 0 Å². The summed E-state index contributed by atoms with van der Waals surface area (Å²) in [5.41, 5.74) is 9.91. The molecule has 3 aromatic carbocycles. The van der Waals surface area contributed by atoms with Crippen LogP contribution in [0.3, 0.4) is 0 Å². The van der Waals surface area contributed by atoms with E-state index in [1.54, 1.807) is 14.2 Å². The second-order valence-electron chi connectivity index (χ2n) is 10.2. The summed E-state index contributed by atoms with van der Waals surface area (Å²) < 4.78 is 15.4. The Balaban J connectivity index is 1.74. The minimum absolute atomic E-state index is 0.0577. The SMILES string of the molecule is COc1ccc2c(c1)c1c3c(c4c5cc(OC)ccc5n5c4c1n2C1C[C@H]5C[C@@]1(N)C#N)C(=O)NC3=O. The highest BCUT2D eigenvalue weighted by Crippen LogP contribution is 2.56.